The van der Waals surface area contributed by atoms with E-state index in [-0.39, 0.29) is 0 Å². The van der Waals surface area contributed by atoms with Crippen molar-refractivity contribution in [3.8, 4) is 5.88 Å². The van der Waals surface area contributed by atoms with Crippen LogP contribution in [-0.4, -0.2) is 22.9 Å². The number of aliphatic hydroxyl groups is 1. The number of nitrogens with zero attached hydrogens (tertiary/aromatic N) is 2. The minimum Gasteiger partial charge on any atom is -0.476 e. The van der Waals surface area contributed by atoms with E-state index in [2.05, 4.69) is 11.6 Å². The van der Waals surface area contributed by atoms with E-state index in [4.69, 9.17) is 16.3 Å². The summed E-state index contributed by atoms with van der Waals surface area (Å²) in [4.78, 5) is 5.89. The summed E-state index contributed by atoms with van der Waals surface area (Å²) >= 11 is 6.05. The van der Waals surface area contributed by atoms with Crippen molar-refractivity contribution in [2.45, 2.75) is 40.3 Å². The van der Waals surface area contributed by atoms with Crippen molar-refractivity contribution in [1.29, 1.82) is 0 Å². The molecule has 0 bridgehead atoms. The Labute approximate surface area is 131 Å². The molecule has 0 spiro atoms. The summed E-state index contributed by atoms with van der Waals surface area (Å²) in [7, 11) is 0. The lowest BCUT2D eigenvalue weighted by Gasteiger charge is -2.31. The number of rotatable bonds is 7. The van der Waals surface area contributed by atoms with Gasteiger partial charge in [-0.15, -0.1) is 0 Å². The molecule has 116 valence electrons. The molecule has 1 N–H and O–H groups in total. The summed E-state index contributed by atoms with van der Waals surface area (Å²) in [6.07, 6.45) is 3.23. The number of aliphatic hydroxyl groups excluding tert-OH is 1. The number of hydrogen-bond acceptors (Lipinski definition) is 4. The van der Waals surface area contributed by atoms with Crippen molar-refractivity contribution in [2.24, 2.45) is 0 Å². The summed E-state index contributed by atoms with van der Waals surface area (Å²) in [5.41, 5.74) is 2.36. The lowest BCUT2D eigenvalue weighted by atomic mass is 10.2. The fraction of sp³-hybridized carbons (Fsp3) is 0.438. The summed E-state index contributed by atoms with van der Waals surface area (Å²) in [5.74, 6) is 0.428. The van der Waals surface area contributed by atoms with Crippen LogP contribution in [0, 0.1) is 0 Å². The normalized spacial score (nSPS) is 11.7. The Kier molecular flexibility index (Phi) is 6.72. The molecule has 0 fully saturated rings. The second kappa shape index (κ2) is 8.05. The van der Waals surface area contributed by atoms with Gasteiger partial charge in [-0.3, -0.25) is 0 Å². The molecule has 0 radical (unpaired) electrons. The summed E-state index contributed by atoms with van der Waals surface area (Å²) in [6.45, 7) is 12.2. The molecule has 0 saturated carbocycles. The highest BCUT2D eigenvalue weighted by atomic mass is 35.5. The van der Waals surface area contributed by atoms with Crippen LogP contribution < -0.4 is 9.64 Å². The third-order valence-electron chi connectivity index (χ3n) is 2.77. The molecule has 1 heterocycles. The average Bonchev–Trinajstić information content (AvgIpc) is 2.41. The molecular weight excluding hydrogens is 288 g/mol. The van der Waals surface area contributed by atoms with E-state index in [0.717, 1.165) is 5.57 Å². The number of pyridine rings is 1. The maximum atomic E-state index is 10.3. The van der Waals surface area contributed by atoms with Crippen molar-refractivity contribution < 1.29 is 9.84 Å². The van der Waals surface area contributed by atoms with Crippen LogP contribution in [0.5, 0.6) is 5.88 Å². The SMILES string of the molecule is C=C(C=C(C)C)N(c1cc(Cl)cnc1OCC)C(O)CC. The van der Waals surface area contributed by atoms with Gasteiger partial charge in [-0.1, -0.05) is 30.7 Å². The maximum absolute atomic E-state index is 10.3. The average molecular weight is 311 g/mol. The van der Waals surface area contributed by atoms with E-state index < -0.39 is 6.23 Å². The van der Waals surface area contributed by atoms with Gasteiger partial charge in [-0.2, -0.15) is 0 Å². The second-order valence-corrected chi connectivity index (χ2v) is 5.32. The zero-order valence-corrected chi connectivity index (χ0v) is 13.8. The van der Waals surface area contributed by atoms with Crippen molar-refractivity contribution in [3.05, 3.63) is 41.2 Å². The topological polar surface area (TPSA) is 45.6 Å². The van der Waals surface area contributed by atoms with Crippen molar-refractivity contribution in [2.75, 3.05) is 11.5 Å². The molecule has 0 aromatic carbocycles. The second-order valence-electron chi connectivity index (χ2n) is 4.88. The number of aromatic nitrogens is 1. The highest BCUT2D eigenvalue weighted by Crippen LogP contribution is 2.33. The maximum Gasteiger partial charge on any atom is 0.238 e. The minimum absolute atomic E-state index is 0.428. The van der Waals surface area contributed by atoms with Gasteiger partial charge in [0.25, 0.3) is 0 Å². The molecule has 0 aliphatic heterocycles. The largest absolute Gasteiger partial charge is 0.476 e. The van der Waals surface area contributed by atoms with E-state index in [9.17, 15) is 5.11 Å². The Hall–Kier alpha value is -1.52. The zero-order chi connectivity index (χ0) is 16.0. The third-order valence-corrected chi connectivity index (χ3v) is 2.97. The highest BCUT2D eigenvalue weighted by molar-refractivity contribution is 6.30. The Balaban J connectivity index is 3.35. The van der Waals surface area contributed by atoms with Crippen LogP contribution in [-0.2, 0) is 0 Å². The monoisotopic (exact) mass is 310 g/mol. The zero-order valence-electron chi connectivity index (χ0n) is 13.1. The van der Waals surface area contributed by atoms with Gasteiger partial charge in [0.1, 0.15) is 11.9 Å². The molecule has 1 rings (SSSR count). The third kappa shape index (κ3) is 4.76. The van der Waals surface area contributed by atoms with Crippen LogP contribution in [0.1, 0.15) is 34.1 Å². The Morgan fingerprint density at radius 3 is 2.71 bits per heavy atom. The summed E-state index contributed by atoms with van der Waals surface area (Å²) in [5, 5.41) is 10.8. The van der Waals surface area contributed by atoms with Gasteiger partial charge < -0.3 is 14.7 Å². The Morgan fingerprint density at radius 1 is 1.52 bits per heavy atom. The first kappa shape index (κ1) is 17.5. The van der Waals surface area contributed by atoms with Crippen molar-refractivity contribution in [1.82, 2.24) is 4.98 Å². The van der Waals surface area contributed by atoms with Crippen LogP contribution in [0.15, 0.2) is 36.2 Å². The van der Waals surface area contributed by atoms with E-state index >= 15 is 0 Å². The fourth-order valence-electron chi connectivity index (χ4n) is 1.93. The Bertz CT molecular complexity index is 525. The standard InChI is InChI=1S/C16H23ClN2O2/c1-6-15(20)19(12(5)8-11(3)4)14-9-13(17)10-18-16(14)21-7-2/h8-10,15,20H,5-7H2,1-4H3. The van der Waals surface area contributed by atoms with Gasteiger partial charge >= 0.3 is 0 Å². The molecule has 1 aromatic rings. The quantitative estimate of drug-likeness (QED) is 0.607. The molecule has 5 heteroatoms. The van der Waals surface area contributed by atoms with E-state index in [1.54, 1.807) is 11.0 Å². The van der Waals surface area contributed by atoms with Crippen LogP contribution in [0.2, 0.25) is 5.02 Å². The number of hydrogen-bond donors (Lipinski definition) is 1. The van der Waals surface area contributed by atoms with E-state index in [1.807, 2.05) is 33.8 Å². The molecule has 21 heavy (non-hydrogen) atoms. The lowest BCUT2D eigenvalue weighted by molar-refractivity contribution is 0.172. The van der Waals surface area contributed by atoms with Gasteiger partial charge in [0.15, 0.2) is 0 Å². The molecule has 4 nitrogen and oxygen atoms in total. The summed E-state index contributed by atoms with van der Waals surface area (Å²) < 4.78 is 5.54. The first-order chi connectivity index (χ1) is 9.90. The highest BCUT2D eigenvalue weighted by Gasteiger charge is 2.22. The molecule has 1 unspecified atom stereocenters. The minimum atomic E-state index is -0.729. The molecule has 0 saturated heterocycles. The van der Waals surface area contributed by atoms with E-state index in [1.165, 1.54) is 6.20 Å². The number of anilines is 1. The first-order valence-corrected chi connectivity index (χ1v) is 7.37. The van der Waals surface area contributed by atoms with Crippen LogP contribution in [0.4, 0.5) is 5.69 Å². The number of halogens is 1. The summed E-state index contributed by atoms with van der Waals surface area (Å²) in [6, 6.07) is 1.72. The molecule has 1 atom stereocenters. The van der Waals surface area contributed by atoms with Gasteiger partial charge in [-0.05, 0) is 39.3 Å². The molecule has 1 aromatic heterocycles. The van der Waals surface area contributed by atoms with Gasteiger partial charge in [0, 0.05) is 11.9 Å². The van der Waals surface area contributed by atoms with Crippen LogP contribution in [0.25, 0.3) is 0 Å². The van der Waals surface area contributed by atoms with Crippen LogP contribution in [0.3, 0.4) is 0 Å². The van der Waals surface area contributed by atoms with Gasteiger partial charge in [0.2, 0.25) is 5.88 Å². The van der Waals surface area contributed by atoms with Crippen molar-refractivity contribution in [3.63, 3.8) is 0 Å². The Morgan fingerprint density at radius 2 is 2.19 bits per heavy atom. The van der Waals surface area contributed by atoms with E-state index in [0.29, 0.717) is 35.3 Å². The number of allylic oxidation sites excluding steroid dienone is 2. The molecule has 0 aliphatic carbocycles. The van der Waals surface area contributed by atoms with Gasteiger partial charge in [-0.25, -0.2) is 4.98 Å². The predicted octanol–water partition coefficient (Wildman–Crippen LogP) is 4.15. The molecular formula is C16H23ClN2O2. The first-order valence-electron chi connectivity index (χ1n) is 7.00. The predicted molar refractivity (Wildman–Crippen MR) is 87.8 cm³/mol. The van der Waals surface area contributed by atoms with Crippen LogP contribution >= 0.6 is 11.6 Å². The lowest BCUT2D eigenvalue weighted by Crippen LogP contribution is -2.33. The smallest absolute Gasteiger partial charge is 0.238 e. The molecule has 0 amide bonds. The van der Waals surface area contributed by atoms with Crippen molar-refractivity contribution >= 4 is 17.3 Å². The fourth-order valence-corrected chi connectivity index (χ4v) is 2.08. The van der Waals surface area contributed by atoms with Gasteiger partial charge in [0.05, 0.1) is 11.6 Å². The number of ether oxygens (including phenoxy) is 1. The molecule has 0 aliphatic rings.